The molecule has 0 aliphatic heterocycles. The predicted octanol–water partition coefficient (Wildman–Crippen LogP) is 1.41. The van der Waals surface area contributed by atoms with Gasteiger partial charge in [0.05, 0.1) is 5.69 Å². The Bertz CT molecular complexity index is 286. The second-order valence-corrected chi connectivity index (χ2v) is 3.84. The molecule has 1 aromatic rings. The van der Waals surface area contributed by atoms with Gasteiger partial charge in [0.25, 0.3) is 0 Å². The van der Waals surface area contributed by atoms with Crippen molar-refractivity contribution in [2.75, 3.05) is 7.05 Å². The summed E-state index contributed by atoms with van der Waals surface area (Å²) in [5.74, 6) is 0.781. The average Bonchev–Trinajstić information content (AvgIpc) is 2.30. The molecule has 13 heavy (non-hydrogen) atoms. The van der Waals surface area contributed by atoms with Crippen LogP contribution < -0.4 is 5.32 Å². The van der Waals surface area contributed by atoms with Crippen LogP contribution in [0.2, 0.25) is 0 Å². The summed E-state index contributed by atoms with van der Waals surface area (Å²) in [7, 11) is 4.00. The number of aromatic nitrogens is 2. The van der Waals surface area contributed by atoms with Crippen LogP contribution in [0.15, 0.2) is 6.07 Å². The largest absolute Gasteiger partial charge is 0.314 e. The molecule has 0 unspecified atom stereocenters. The van der Waals surface area contributed by atoms with E-state index in [1.807, 2.05) is 18.8 Å². The van der Waals surface area contributed by atoms with Gasteiger partial charge in [0.1, 0.15) is 0 Å². The Morgan fingerprint density at radius 1 is 1.62 bits per heavy atom. The molecule has 3 heteroatoms. The van der Waals surface area contributed by atoms with Crippen molar-refractivity contribution in [2.45, 2.75) is 31.7 Å². The Morgan fingerprint density at radius 2 is 2.38 bits per heavy atom. The van der Waals surface area contributed by atoms with E-state index < -0.39 is 0 Å². The van der Waals surface area contributed by atoms with Crippen molar-refractivity contribution in [3.63, 3.8) is 0 Å². The van der Waals surface area contributed by atoms with E-state index in [1.54, 1.807) is 0 Å². The van der Waals surface area contributed by atoms with Crippen LogP contribution >= 0.6 is 0 Å². The van der Waals surface area contributed by atoms with Crippen LogP contribution in [0.5, 0.6) is 0 Å². The zero-order valence-corrected chi connectivity index (χ0v) is 8.38. The smallest absolute Gasteiger partial charge is 0.0765 e. The fraction of sp³-hybridized carbons (Fsp3) is 0.700. The van der Waals surface area contributed by atoms with E-state index in [4.69, 9.17) is 0 Å². The summed E-state index contributed by atoms with van der Waals surface area (Å²) < 4.78 is 2.04. The van der Waals surface area contributed by atoms with Gasteiger partial charge in [-0.2, -0.15) is 5.10 Å². The molecule has 72 valence electrons. The summed E-state index contributed by atoms with van der Waals surface area (Å²) >= 11 is 0. The van der Waals surface area contributed by atoms with Gasteiger partial charge in [0.2, 0.25) is 0 Å². The Balaban J connectivity index is 2.15. The summed E-state index contributed by atoms with van der Waals surface area (Å²) in [6.45, 7) is 0.876. The Kier molecular flexibility index (Phi) is 2.36. The number of nitrogens with zero attached hydrogens (tertiary/aromatic N) is 2. The minimum absolute atomic E-state index is 0.781. The summed E-state index contributed by atoms with van der Waals surface area (Å²) in [6, 6.07) is 2.24. The van der Waals surface area contributed by atoms with Gasteiger partial charge in [-0.15, -0.1) is 0 Å². The normalized spacial score (nSPS) is 17.4. The van der Waals surface area contributed by atoms with Crippen molar-refractivity contribution in [3.05, 3.63) is 17.5 Å². The van der Waals surface area contributed by atoms with Gasteiger partial charge >= 0.3 is 0 Å². The van der Waals surface area contributed by atoms with Gasteiger partial charge in [-0.25, -0.2) is 0 Å². The molecule has 0 bridgehead atoms. The summed E-state index contributed by atoms with van der Waals surface area (Å²) in [4.78, 5) is 0. The molecule has 1 aromatic heterocycles. The first kappa shape index (κ1) is 8.75. The summed E-state index contributed by atoms with van der Waals surface area (Å²) in [6.07, 6.45) is 4.08. The predicted molar refractivity (Wildman–Crippen MR) is 52.6 cm³/mol. The zero-order chi connectivity index (χ0) is 9.26. The van der Waals surface area contributed by atoms with Crippen molar-refractivity contribution in [2.24, 2.45) is 7.05 Å². The second kappa shape index (κ2) is 3.50. The third-order valence-corrected chi connectivity index (χ3v) is 2.85. The van der Waals surface area contributed by atoms with Crippen LogP contribution in [0.25, 0.3) is 0 Å². The van der Waals surface area contributed by atoms with E-state index in [1.165, 1.54) is 25.0 Å². The van der Waals surface area contributed by atoms with Crippen LogP contribution in [0.4, 0.5) is 0 Å². The molecule has 0 aromatic carbocycles. The zero-order valence-electron chi connectivity index (χ0n) is 8.38. The molecular formula is C10H17N3. The number of aryl methyl sites for hydroxylation is 1. The first-order valence-corrected chi connectivity index (χ1v) is 4.98. The maximum absolute atomic E-state index is 4.46. The van der Waals surface area contributed by atoms with Gasteiger partial charge in [0, 0.05) is 25.2 Å². The first-order valence-electron chi connectivity index (χ1n) is 4.98. The van der Waals surface area contributed by atoms with Crippen LogP contribution in [-0.4, -0.2) is 16.8 Å². The van der Waals surface area contributed by atoms with Crippen LogP contribution in [0.1, 0.15) is 36.6 Å². The molecule has 1 N–H and O–H groups in total. The topological polar surface area (TPSA) is 29.9 Å². The van der Waals surface area contributed by atoms with Crippen molar-refractivity contribution in [1.82, 2.24) is 15.1 Å². The third-order valence-electron chi connectivity index (χ3n) is 2.85. The van der Waals surface area contributed by atoms with Crippen molar-refractivity contribution >= 4 is 0 Å². The molecular weight excluding hydrogens is 162 g/mol. The van der Waals surface area contributed by atoms with E-state index in [-0.39, 0.29) is 0 Å². The van der Waals surface area contributed by atoms with Gasteiger partial charge in [-0.05, 0) is 26.0 Å². The van der Waals surface area contributed by atoms with Crippen molar-refractivity contribution < 1.29 is 0 Å². The Hall–Kier alpha value is -0.830. The van der Waals surface area contributed by atoms with E-state index in [2.05, 4.69) is 16.5 Å². The van der Waals surface area contributed by atoms with Gasteiger partial charge < -0.3 is 5.32 Å². The standard InChI is InChI=1S/C10H17N3/c1-11-7-9-6-10(13(2)12-9)8-4-3-5-8/h6,8,11H,3-5,7H2,1-2H3. The summed E-state index contributed by atoms with van der Waals surface area (Å²) in [5, 5.41) is 7.58. The van der Waals surface area contributed by atoms with E-state index in [0.29, 0.717) is 0 Å². The third kappa shape index (κ3) is 1.61. The number of nitrogens with one attached hydrogen (secondary N) is 1. The highest BCUT2D eigenvalue weighted by Gasteiger charge is 2.22. The van der Waals surface area contributed by atoms with E-state index in [9.17, 15) is 0 Å². The molecule has 1 fully saturated rings. The van der Waals surface area contributed by atoms with Gasteiger partial charge in [-0.3, -0.25) is 4.68 Å². The molecule has 0 radical (unpaired) electrons. The molecule has 1 heterocycles. The van der Waals surface area contributed by atoms with Crippen LogP contribution in [0.3, 0.4) is 0 Å². The fourth-order valence-electron chi connectivity index (χ4n) is 1.90. The minimum Gasteiger partial charge on any atom is -0.314 e. The highest BCUT2D eigenvalue weighted by atomic mass is 15.3. The SMILES string of the molecule is CNCc1cc(C2CCC2)n(C)n1. The number of hydrogen-bond acceptors (Lipinski definition) is 2. The minimum atomic E-state index is 0.781. The highest BCUT2D eigenvalue weighted by molar-refractivity contribution is 5.16. The first-order chi connectivity index (χ1) is 6.31. The molecule has 0 spiro atoms. The molecule has 0 amide bonds. The maximum Gasteiger partial charge on any atom is 0.0765 e. The van der Waals surface area contributed by atoms with E-state index >= 15 is 0 Å². The average molecular weight is 179 g/mol. The van der Waals surface area contributed by atoms with E-state index in [0.717, 1.165) is 18.2 Å². The lowest BCUT2D eigenvalue weighted by atomic mass is 9.83. The molecule has 2 rings (SSSR count). The van der Waals surface area contributed by atoms with Gasteiger partial charge in [0.15, 0.2) is 0 Å². The van der Waals surface area contributed by atoms with Gasteiger partial charge in [-0.1, -0.05) is 6.42 Å². The molecule has 1 aliphatic carbocycles. The summed E-state index contributed by atoms with van der Waals surface area (Å²) in [5.41, 5.74) is 2.57. The molecule has 1 saturated carbocycles. The van der Waals surface area contributed by atoms with Crippen molar-refractivity contribution in [1.29, 1.82) is 0 Å². The Labute approximate surface area is 79.1 Å². The molecule has 0 saturated heterocycles. The van der Waals surface area contributed by atoms with Crippen LogP contribution in [0, 0.1) is 0 Å². The highest BCUT2D eigenvalue weighted by Crippen LogP contribution is 2.36. The number of hydrogen-bond donors (Lipinski definition) is 1. The molecule has 0 atom stereocenters. The lowest BCUT2D eigenvalue weighted by molar-refractivity contribution is 0.397. The van der Waals surface area contributed by atoms with Crippen LogP contribution in [-0.2, 0) is 13.6 Å². The Morgan fingerprint density at radius 3 is 2.92 bits per heavy atom. The van der Waals surface area contributed by atoms with Crippen molar-refractivity contribution in [3.8, 4) is 0 Å². The maximum atomic E-state index is 4.46. The number of rotatable bonds is 3. The molecule has 3 nitrogen and oxygen atoms in total. The lowest BCUT2D eigenvalue weighted by Crippen LogP contribution is -2.12. The fourth-order valence-corrected chi connectivity index (χ4v) is 1.90. The quantitative estimate of drug-likeness (QED) is 0.760. The second-order valence-electron chi connectivity index (χ2n) is 3.84. The molecule has 1 aliphatic rings. The monoisotopic (exact) mass is 179 g/mol. The lowest BCUT2D eigenvalue weighted by Gasteiger charge is -2.25.